The van der Waals surface area contributed by atoms with Gasteiger partial charge >= 0.3 is 6.18 Å². The second-order valence-electron chi connectivity index (χ2n) is 8.77. The second-order valence-corrected chi connectivity index (χ2v) is 8.77. The van der Waals surface area contributed by atoms with Crippen LogP contribution in [0.15, 0.2) is 48.5 Å². The van der Waals surface area contributed by atoms with Crippen molar-refractivity contribution in [2.75, 3.05) is 24.5 Å². The fourth-order valence-corrected chi connectivity index (χ4v) is 3.86. The van der Waals surface area contributed by atoms with Gasteiger partial charge in [0.1, 0.15) is 0 Å². The number of carbonyl (C=O) groups excluding carboxylic acids is 2. The number of halogens is 3. The molecule has 3 rings (SSSR count). The van der Waals surface area contributed by atoms with Gasteiger partial charge < -0.3 is 15.5 Å². The Labute approximate surface area is 192 Å². The number of para-hydroxylation sites is 1. The van der Waals surface area contributed by atoms with E-state index < -0.39 is 11.7 Å². The standard InChI is InChI=1S/C25H30F3N3O2/c1-17(2)11-14-29-24(33)21-5-3-4-6-22(21)31-15-12-20(13-16-31)30-23(32)18-7-9-19(10-8-18)25(26,27)28/h3-10,17,20H,11-16H2,1-2H3,(H,29,33)(H,30,32). The average molecular weight is 462 g/mol. The van der Waals surface area contributed by atoms with E-state index in [0.717, 1.165) is 24.2 Å². The Hall–Kier alpha value is -3.03. The molecule has 1 aliphatic heterocycles. The van der Waals surface area contributed by atoms with Gasteiger partial charge in [-0.3, -0.25) is 9.59 Å². The predicted octanol–water partition coefficient (Wildman–Crippen LogP) is 4.88. The van der Waals surface area contributed by atoms with Gasteiger partial charge in [-0.1, -0.05) is 26.0 Å². The first-order chi connectivity index (χ1) is 15.6. The third-order valence-electron chi connectivity index (χ3n) is 5.80. The minimum atomic E-state index is -4.43. The van der Waals surface area contributed by atoms with Gasteiger partial charge in [0, 0.05) is 36.9 Å². The van der Waals surface area contributed by atoms with Crippen LogP contribution in [0, 0.1) is 5.92 Å². The van der Waals surface area contributed by atoms with Gasteiger partial charge in [0.2, 0.25) is 0 Å². The molecule has 0 unspecified atom stereocenters. The molecular formula is C25H30F3N3O2. The molecule has 2 aromatic carbocycles. The fourth-order valence-electron chi connectivity index (χ4n) is 3.86. The van der Waals surface area contributed by atoms with E-state index in [9.17, 15) is 22.8 Å². The van der Waals surface area contributed by atoms with Crippen molar-refractivity contribution in [3.05, 3.63) is 65.2 Å². The van der Waals surface area contributed by atoms with E-state index in [-0.39, 0.29) is 23.4 Å². The van der Waals surface area contributed by atoms with E-state index >= 15 is 0 Å². The number of amides is 2. The van der Waals surface area contributed by atoms with E-state index in [2.05, 4.69) is 29.4 Å². The van der Waals surface area contributed by atoms with Crippen molar-refractivity contribution in [2.45, 2.75) is 45.3 Å². The summed E-state index contributed by atoms with van der Waals surface area (Å²) in [6.45, 7) is 6.17. The number of anilines is 1. The molecule has 0 radical (unpaired) electrons. The van der Waals surface area contributed by atoms with Crippen LogP contribution in [0.4, 0.5) is 18.9 Å². The Balaban J connectivity index is 1.56. The molecule has 0 aromatic heterocycles. The molecule has 1 saturated heterocycles. The molecule has 0 spiro atoms. The largest absolute Gasteiger partial charge is 0.416 e. The highest BCUT2D eigenvalue weighted by Gasteiger charge is 2.30. The Morgan fingerprint density at radius 1 is 1.00 bits per heavy atom. The molecule has 0 bridgehead atoms. The van der Waals surface area contributed by atoms with Gasteiger partial charge in [-0.15, -0.1) is 0 Å². The summed E-state index contributed by atoms with van der Waals surface area (Å²) in [7, 11) is 0. The zero-order valence-electron chi connectivity index (χ0n) is 18.9. The summed E-state index contributed by atoms with van der Waals surface area (Å²) in [4.78, 5) is 27.3. The van der Waals surface area contributed by atoms with Crippen LogP contribution in [0.25, 0.3) is 0 Å². The Kier molecular flexibility index (Phi) is 8.00. The summed E-state index contributed by atoms with van der Waals surface area (Å²) in [5.74, 6) is 0.0356. The van der Waals surface area contributed by atoms with Crippen molar-refractivity contribution in [1.29, 1.82) is 0 Å². The van der Waals surface area contributed by atoms with Crippen LogP contribution in [0.1, 0.15) is 59.4 Å². The lowest BCUT2D eigenvalue weighted by Gasteiger charge is -2.35. The number of benzene rings is 2. The first kappa shape index (κ1) is 24.6. The molecule has 0 aliphatic carbocycles. The van der Waals surface area contributed by atoms with Crippen molar-refractivity contribution in [3.8, 4) is 0 Å². The number of rotatable bonds is 7. The minimum Gasteiger partial charge on any atom is -0.371 e. The maximum atomic E-state index is 12.7. The normalized spacial score (nSPS) is 14.9. The fraction of sp³-hybridized carbons (Fsp3) is 0.440. The molecule has 8 heteroatoms. The maximum Gasteiger partial charge on any atom is 0.416 e. The predicted molar refractivity (Wildman–Crippen MR) is 122 cm³/mol. The second kappa shape index (κ2) is 10.7. The summed E-state index contributed by atoms with van der Waals surface area (Å²) in [6.07, 6.45) is -2.16. The summed E-state index contributed by atoms with van der Waals surface area (Å²) >= 11 is 0. The lowest BCUT2D eigenvalue weighted by atomic mass is 10.0. The lowest BCUT2D eigenvalue weighted by Crippen LogP contribution is -2.45. The van der Waals surface area contributed by atoms with Crippen molar-refractivity contribution in [2.24, 2.45) is 5.92 Å². The molecule has 0 atom stereocenters. The Morgan fingerprint density at radius 2 is 1.64 bits per heavy atom. The summed E-state index contributed by atoms with van der Waals surface area (Å²) in [5, 5.41) is 5.90. The van der Waals surface area contributed by atoms with Crippen LogP contribution in [-0.2, 0) is 6.18 Å². The average Bonchev–Trinajstić information content (AvgIpc) is 2.79. The highest BCUT2D eigenvalue weighted by Crippen LogP contribution is 2.29. The number of alkyl halides is 3. The topological polar surface area (TPSA) is 61.4 Å². The highest BCUT2D eigenvalue weighted by molar-refractivity contribution is 5.99. The van der Waals surface area contributed by atoms with Crippen LogP contribution >= 0.6 is 0 Å². The summed E-state index contributed by atoms with van der Waals surface area (Å²) in [5.41, 5.74) is 0.925. The molecule has 1 heterocycles. The van der Waals surface area contributed by atoms with Crippen LogP contribution in [0.5, 0.6) is 0 Å². The van der Waals surface area contributed by atoms with Gasteiger partial charge in [-0.25, -0.2) is 0 Å². The molecule has 33 heavy (non-hydrogen) atoms. The van der Waals surface area contributed by atoms with Crippen LogP contribution in [-0.4, -0.2) is 37.5 Å². The maximum absolute atomic E-state index is 12.7. The van der Waals surface area contributed by atoms with Crippen molar-refractivity contribution in [1.82, 2.24) is 10.6 Å². The van der Waals surface area contributed by atoms with Crippen molar-refractivity contribution >= 4 is 17.5 Å². The van der Waals surface area contributed by atoms with E-state index in [1.165, 1.54) is 12.1 Å². The van der Waals surface area contributed by atoms with Gasteiger partial charge in [0.15, 0.2) is 0 Å². The monoisotopic (exact) mass is 461 g/mol. The quantitative estimate of drug-likeness (QED) is 0.618. The number of piperidine rings is 1. The molecule has 0 saturated carbocycles. The van der Waals surface area contributed by atoms with Crippen molar-refractivity contribution < 1.29 is 22.8 Å². The zero-order valence-corrected chi connectivity index (χ0v) is 18.9. The number of nitrogens with zero attached hydrogens (tertiary/aromatic N) is 1. The first-order valence-corrected chi connectivity index (χ1v) is 11.3. The van der Waals surface area contributed by atoms with Gasteiger partial charge in [-0.05, 0) is 61.6 Å². The van der Waals surface area contributed by atoms with Gasteiger partial charge in [-0.2, -0.15) is 13.2 Å². The first-order valence-electron chi connectivity index (χ1n) is 11.3. The molecule has 5 nitrogen and oxygen atoms in total. The van der Waals surface area contributed by atoms with E-state index in [1.54, 1.807) is 0 Å². The van der Waals surface area contributed by atoms with Gasteiger partial charge in [0.05, 0.1) is 11.1 Å². The summed E-state index contributed by atoms with van der Waals surface area (Å²) < 4.78 is 38.1. The Morgan fingerprint density at radius 3 is 2.24 bits per heavy atom. The number of nitrogens with one attached hydrogen (secondary N) is 2. The smallest absolute Gasteiger partial charge is 0.371 e. The third-order valence-corrected chi connectivity index (χ3v) is 5.80. The Bertz CT molecular complexity index is 950. The van der Waals surface area contributed by atoms with Crippen LogP contribution < -0.4 is 15.5 Å². The number of hydrogen-bond donors (Lipinski definition) is 2. The SMILES string of the molecule is CC(C)CCNC(=O)c1ccccc1N1CCC(NC(=O)c2ccc(C(F)(F)F)cc2)CC1. The van der Waals surface area contributed by atoms with Crippen LogP contribution in [0.3, 0.4) is 0 Å². The molecule has 2 N–H and O–H groups in total. The van der Waals surface area contributed by atoms with Gasteiger partial charge in [0.25, 0.3) is 11.8 Å². The van der Waals surface area contributed by atoms with E-state index in [0.29, 0.717) is 44.0 Å². The number of hydrogen-bond acceptors (Lipinski definition) is 3. The summed E-state index contributed by atoms with van der Waals surface area (Å²) in [6, 6.07) is 11.6. The molecule has 178 valence electrons. The lowest BCUT2D eigenvalue weighted by molar-refractivity contribution is -0.137. The molecule has 1 aliphatic rings. The van der Waals surface area contributed by atoms with E-state index in [4.69, 9.17) is 0 Å². The molecule has 1 fully saturated rings. The minimum absolute atomic E-state index is 0.0805. The van der Waals surface area contributed by atoms with Crippen molar-refractivity contribution in [3.63, 3.8) is 0 Å². The highest BCUT2D eigenvalue weighted by atomic mass is 19.4. The van der Waals surface area contributed by atoms with E-state index in [1.807, 2.05) is 24.3 Å². The van der Waals surface area contributed by atoms with Crippen LogP contribution in [0.2, 0.25) is 0 Å². The molecule has 2 amide bonds. The molecule has 2 aromatic rings. The number of carbonyl (C=O) groups is 2. The third kappa shape index (κ3) is 6.73. The zero-order chi connectivity index (χ0) is 24.0. The molecular weight excluding hydrogens is 431 g/mol.